The van der Waals surface area contributed by atoms with Crippen molar-refractivity contribution in [3.05, 3.63) is 0 Å². The molecule has 0 spiro atoms. The topological polar surface area (TPSA) is 194 Å². The maximum atomic E-state index is 14.4. The van der Waals surface area contributed by atoms with Crippen molar-refractivity contribution in [1.82, 2.24) is 31.1 Å². The lowest BCUT2D eigenvalue weighted by Gasteiger charge is -2.46. The molecule has 2 atom stereocenters. The number of ether oxygens (including phenoxy) is 4. The number of hydrogen-bond donors (Lipinski definition) is 4. The van der Waals surface area contributed by atoms with Gasteiger partial charge in [0.2, 0.25) is 11.8 Å². The van der Waals surface area contributed by atoms with Crippen LogP contribution in [-0.2, 0) is 47.7 Å². The molecule has 4 aliphatic heterocycles. The lowest BCUT2D eigenvalue weighted by atomic mass is 9.81. The Balaban J connectivity index is 1.53. The van der Waals surface area contributed by atoms with Gasteiger partial charge in [-0.05, 0) is 125 Å². The van der Waals surface area contributed by atoms with Gasteiger partial charge in [-0.25, -0.2) is 0 Å². The van der Waals surface area contributed by atoms with E-state index in [1.165, 1.54) is 0 Å². The molecule has 2 unspecified atom stereocenters. The Kier molecular flexibility index (Phi) is 17.5. The van der Waals surface area contributed by atoms with E-state index in [4.69, 9.17) is 18.9 Å². The molecule has 16 nitrogen and oxygen atoms in total. The summed E-state index contributed by atoms with van der Waals surface area (Å²) in [6.07, 6.45) is 2.80. The van der Waals surface area contributed by atoms with Gasteiger partial charge in [-0.1, -0.05) is 0 Å². The van der Waals surface area contributed by atoms with E-state index in [1.54, 1.807) is 13.8 Å². The zero-order valence-electron chi connectivity index (χ0n) is 44.3. The molecule has 4 saturated heterocycles. The molecule has 67 heavy (non-hydrogen) atoms. The molecule has 4 heterocycles. The van der Waals surface area contributed by atoms with E-state index >= 15 is 0 Å². The van der Waals surface area contributed by atoms with Crippen molar-refractivity contribution in [2.45, 2.75) is 255 Å². The lowest BCUT2D eigenvalue weighted by Crippen LogP contribution is -2.60. The standard InChI is InChI=1S/C50H88N6O10S/c1-31(41(61)55(27-37(57)63-33-19-43(3,4)51-44(5,6)20-33)28-38(58)64-34-21-45(7,8)52-46(9,10)22-34)67-32(2)42(62)56(29-39(59)65-35-23-47(11,12)53-48(13,14)24-35)30-40(60)66-36-25-49(15,16)54-50(17,18)26-36/h31-36,51-54H,19-30H2,1-18H3. The first-order chi connectivity index (χ1) is 30.2. The zero-order valence-corrected chi connectivity index (χ0v) is 45.2. The van der Waals surface area contributed by atoms with Crippen LogP contribution in [0.2, 0.25) is 0 Å². The van der Waals surface area contributed by atoms with Gasteiger partial charge < -0.3 is 50.0 Å². The highest BCUT2D eigenvalue weighted by molar-refractivity contribution is 8.01. The van der Waals surface area contributed by atoms with Gasteiger partial charge in [0.15, 0.2) is 0 Å². The Labute approximate surface area is 406 Å². The monoisotopic (exact) mass is 965 g/mol. The summed E-state index contributed by atoms with van der Waals surface area (Å²) < 4.78 is 24.0. The van der Waals surface area contributed by atoms with Crippen molar-refractivity contribution < 1.29 is 47.7 Å². The number of nitrogens with zero attached hydrogens (tertiary/aromatic N) is 2. The molecule has 0 aromatic rings. The minimum atomic E-state index is -0.952. The maximum Gasteiger partial charge on any atom is 0.325 e. The van der Waals surface area contributed by atoms with E-state index in [0.717, 1.165) is 21.6 Å². The SMILES string of the molecule is CC(SC(C)C(=O)N(CC(=O)OC1CC(C)(C)NC(C)(C)C1)CC(=O)OC1CC(C)(C)NC(C)(C)C1)C(=O)N(CC(=O)OC1CC(C)(C)NC(C)(C)C1)CC(=O)OC1CC(C)(C)NC(C)(C)C1. The van der Waals surface area contributed by atoms with E-state index in [0.29, 0.717) is 51.4 Å². The van der Waals surface area contributed by atoms with Crippen LogP contribution < -0.4 is 21.3 Å². The second-order valence-corrected chi connectivity index (χ2v) is 27.1. The molecule has 17 heteroatoms. The quantitative estimate of drug-likeness (QED) is 0.111. The van der Waals surface area contributed by atoms with E-state index in [1.807, 2.05) is 111 Å². The summed E-state index contributed by atoms with van der Waals surface area (Å²) >= 11 is 0.997. The summed E-state index contributed by atoms with van der Waals surface area (Å²) in [6, 6.07) is 0. The van der Waals surface area contributed by atoms with Crippen molar-refractivity contribution >= 4 is 47.5 Å². The average Bonchev–Trinajstić information content (AvgIpc) is 3.04. The summed E-state index contributed by atoms with van der Waals surface area (Å²) in [4.78, 5) is 86.0. The molecule has 4 rings (SSSR count). The van der Waals surface area contributed by atoms with Crippen LogP contribution in [0, 0.1) is 0 Å². The van der Waals surface area contributed by atoms with Crippen LogP contribution in [-0.4, -0.2) is 151 Å². The third-order valence-corrected chi connectivity index (χ3v) is 14.0. The van der Waals surface area contributed by atoms with Crippen LogP contribution in [0.3, 0.4) is 0 Å². The van der Waals surface area contributed by atoms with Crippen LogP contribution in [0.4, 0.5) is 0 Å². The fourth-order valence-corrected chi connectivity index (χ4v) is 13.3. The molecule has 0 radical (unpaired) electrons. The van der Waals surface area contributed by atoms with Gasteiger partial charge in [-0.15, -0.1) is 11.8 Å². The number of hydrogen-bond acceptors (Lipinski definition) is 15. The van der Waals surface area contributed by atoms with Crippen molar-refractivity contribution in [2.75, 3.05) is 26.2 Å². The molecule has 0 saturated carbocycles. The molecule has 0 aromatic heterocycles. The van der Waals surface area contributed by atoms with Crippen LogP contribution in [0.1, 0.15) is 176 Å². The molecule has 0 bridgehead atoms. The predicted octanol–water partition coefficient (Wildman–Crippen LogP) is 5.56. The highest BCUT2D eigenvalue weighted by Gasteiger charge is 2.44. The van der Waals surface area contributed by atoms with Gasteiger partial charge in [-0.2, -0.15) is 0 Å². The number of rotatable bonds is 16. The molecular formula is C50H88N6O10S. The van der Waals surface area contributed by atoms with E-state index < -0.39 is 96.8 Å². The predicted molar refractivity (Wildman–Crippen MR) is 261 cm³/mol. The maximum absolute atomic E-state index is 14.4. The van der Waals surface area contributed by atoms with Gasteiger partial charge in [0, 0.05) is 95.7 Å². The van der Waals surface area contributed by atoms with Crippen molar-refractivity contribution in [3.8, 4) is 0 Å². The lowest BCUT2D eigenvalue weighted by molar-refractivity contribution is -0.163. The average molecular weight is 965 g/mol. The molecule has 2 amide bonds. The number of carbonyl (C=O) groups is 6. The molecule has 4 fully saturated rings. The van der Waals surface area contributed by atoms with Crippen molar-refractivity contribution in [1.29, 1.82) is 0 Å². The Bertz CT molecular complexity index is 1530. The van der Waals surface area contributed by atoms with Crippen LogP contribution in [0.25, 0.3) is 0 Å². The zero-order chi connectivity index (χ0) is 50.9. The first kappa shape index (κ1) is 56.6. The second-order valence-electron chi connectivity index (χ2n) is 25.5. The first-order valence-corrected chi connectivity index (χ1v) is 25.4. The Hall–Kier alpha value is -2.99. The minimum Gasteiger partial charge on any atom is -0.461 e. The minimum absolute atomic E-state index is 0.306. The summed E-state index contributed by atoms with van der Waals surface area (Å²) in [5.74, 6) is -3.78. The number of carbonyl (C=O) groups excluding carboxylic acids is 6. The fourth-order valence-electron chi connectivity index (χ4n) is 12.1. The summed E-state index contributed by atoms with van der Waals surface area (Å²) in [7, 11) is 0. The van der Waals surface area contributed by atoms with E-state index in [-0.39, 0.29) is 44.3 Å². The largest absolute Gasteiger partial charge is 0.461 e. The molecule has 384 valence electrons. The van der Waals surface area contributed by atoms with Gasteiger partial charge in [0.05, 0.1) is 10.5 Å². The van der Waals surface area contributed by atoms with E-state index in [9.17, 15) is 28.8 Å². The Morgan fingerprint density at radius 2 is 0.552 bits per heavy atom. The molecule has 0 aromatic carbocycles. The van der Waals surface area contributed by atoms with Crippen LogP contribution >= 0.6 is 11.8 Å². The molecule has 0 aliphatic carbocycles. The Morgan fingerprint density at radius 3 is 0.716 bits per heavy atom. The van der Waals surface area contributed by atoms with Crippen molar-refractivity contribution in [3.63, 3.8) is 0 Å². The molecular weight excluding hydrogens is 877 g/mol. The highest BCUT2D eigenvalue weighted by Crippen LogP contribution is 2.34. The van der Waals surface area contributed by atoms with Gasteiger partial charge in [0.25, 0.3) is 0 Å². The van der Waals surface area contributed by atoms with E-state index in [2.05, 4.69) is 21.3 Å². The number of nitrogens with one attached hydrogen (secondary N) is 4. The summed E-state index contributed by atoms with van der Waals surface area (Å²) in [6.45, 7) is 33.9. The number of thioether (sulfide) groups is 1. The van der Waals surface area contributed by atoms with Crippen LogP contribution in [0.15, 0.2) is 0 Å². The van der Waals surface area contributed by atoms with Gasteiger partial charge in [0.1, 0.15) is 50.6 Å². The second kappa shape index (κ2) is 20.8. The van der Waals surface area contributed by atoms with Gasteiger partial charge >= 0.3 is 23.9 Å². The summed E-state index contributed by atoms with van der Waals surface area (Å²) in [5.41, 5.74) is -2.44. The Morgan fingerprint density at radius 1 is 0.388 bits per heavy atom. The molecule has 4 N–H and O–H groups in total. The number of piperidine rings is 4. The van der Waals surface area contributed by atoms with Crippen LogP contribution in [0.5, 0.6) is 0 Å². The third kappa shape index (κ3) is 18.4. The fraction of sp³-hybridized carbons (Fsp3) is 0.880. The molecule has 4 aliphatic rings. The highest BCUT2D eigenvalue weighted by atomic mass is 32.2. The normalized spacial score (nSPS) is 25.1. The first-order valence-electron chi connectivity index (χ1n) is 24.4. The summed E-state index contributed by atoms with van der Waals surface area (Å²) in [5, 5.41) is 12.4. The van der Waals surface area contributed by atoms with Crippen molar-refractivity contribution in [2.24, 2.45) is 0 Å². The number of amides is 2. The smallest absolute Gasteiger partial charge is 0.325 e. The number of esters is 4. The van der Waals surface area contributed by atoms with Gasteiger partial charge in [-0.3, -0.25) is 28.8 Å². The third-order valence-electron chi connectivity index (χ3n) is 12.8.